The number of rotatable bonds is 4. The Bertz CT molecular complexity index is 3140. The molecule has 0 atom stereocenters. The number of thiophene rings is 1. The molecule has 3 aromatic heterocycles. The van der Waals surface area contributed by atoms with Gasteiger partial charge in [-0.25, -0.2) is 0 Å². The van der Waals surface area contributed by atoms with Gasteiger partial charge < -0.3 is 9.13 Å². The van der Waals surface area contributed by atoms with Gasteiger partial charge in [0.15, 0.2) is 0 Å². The summed E-state index contributed by atoms with van der Waals surface area (Å²) in [6.45, 7) is 0. The summed E-state index contributed by atoms with van der Waals surface area (Å²) in [6, 6.07) is 66.7. The third kappa shape index (κ3) is 4.29. The Hall–Kier alpha value is -6.42. The average molecular weight is 667 g/mol. The highest BCUT2D eigenvalue weighted by Crippen LogP contribution is 2.42. The summed E-state index contributed by atoms with van der Waals surface area (Å²) in [5.74, 6) is 0. The predicted octanol–water partition coefficient (Wildman–Crippen LogP) is 13.6. The van der Waals surface area contributed by atoms with Crippen molar-refractivity contribution >= 4 is 75.1 Å². The molecular formula is C48H30N2S. The Morgan fingerprint density at radius 3 is 1.75 bits per heavy atom. The van der Waals surface area contributed by atoms with Crippen molar-refractivity contribution in [1.82, 2.24) is 9.13 Å². The van der Waals surface area contributed by atoms with Crippen molar-refractivity contribution in [3.8, 4) is 33.6 Å². The molecule has 51 heavy (non-hydrogen) atoms. The van der Waals surface area contributed by atoms with E-state index in [0.717, 1.165) is 5.69 Å². The molecule has 0 unspecified atom stereocenters. The summed E-state index contributed by atoms with van der Waals surface area (Å²) in [6.07, 6.45) is 0. The first-order valence-electron chi connectivity index (χ1n) is 17.4. The molecule has 11 aromatic rings. The Kier molecular flexibility index (Phi) is 6.16. The number of nitrogens with zero attached hydrogens (tertiary/aromatic N) is 2. The topological polar surface area (TPSA) is 9.86 Å². The van der Waals surface area contributed by atoms with Gasteiger partial charge in [-0.3, -0.25) is 0 Å². The zero-order chi connectivity index (χ0) is 33.5. The lowest BCUT2D eigenvalue weighted by Crippen LogP contribution is -1.94. The minimum Gasteiger partial charge on any atom is -0.309 e. The van der Waals surface area contributed by atoms with Crippen LogP contribution in [0.25, 0.3) is 97.4 Å². The van der Waals surface area contributed by atoms with E-state index >= 15 is 0 Å². The van der Waals surface area contributed by atoms with E-state index in [4.69, 9.17) is 0 Å². The van der Waals surface area contributed by atoms with Gasteiger partial charge >= 0.3 is 0 Å². The van der Waals surface area contributed by atoms with E-state index in [2.05, 4.69) is 191 Å². The maximum atomic E-state index is 2.43. The number of para-hydroxylation sites is 3. The van der Waals surface area contributed by atoms with Gasteiger partial charge in [0, 0.05) is 53.1 Å². The van der Waals surface area contributed by atoms with Gasteiger partial charge in [0.2, 0.25) is 0 Å². The van der Waals surface area contributed by atoms with E-state index in [-0.39, 0.29) is 0 Å². The van der Waals surface area contributed by atoms with Gasteiger partial charge in [-0.2, -0.15) is 0 Å². The van der Waals surface area contributed by atoms with Gasteiger partial charge in [0.1, 0.15) is 0 Å². The monoisotopic (exact) mass is 666 g/mol. The van der Waals surface area contributed by atoms with Crippen LogP contribution >= 0.6 is 11.3 Å². The zero-order valence-corrected chi connectivity index (χ0v) is 28.4. The number of benzene rings is 8. The van der Waals surface area contributed by atoms with Gasteiger partial charge in [-0.05, 0) is 89.0 Å². The van der Waals surface area contributed by atoms with E-state index in [0.29, 0.717) is 0 Å². The highest BCUT2D eigenvalue weighted by atomic mass is 32.1. The molecule has 3 heterocycles. The van der Waals surface area contributed by atoms with Gasteiger partial charge in [0.05, 0.1) is 22.1 Å². The standard InChI is InChI=1S/C48H30N2S/c1-2-13-34(14-3-1)49-42-20-7-4-16-37(42)39-26-24-32(30-45(39)49)31-25-27-44-41(29-31)38-17-5-8-21-43(38)50(44)35-15-10-12-33(28-35)36-19-11-23-47-48(36)40-18-6-9-22-46(40)51-47/h1-30H. The fourth-order valence-corrected chi connectivity index (χ4v) is 9.40. The Morgan fingerprint density at radius 1 is 0.314 bits per heavy atom. The van der Waals surface area contributed by atoms with Crippen LogP contribution in [0.2, 0.25) is 0 Å². The summed E-state index contributed by atoms with van der Waals surface area (Å²) in [5, 5.41) is 7.71. The summed E-state index contributed by atoms with van der Waals surface area (Å²) >= 11 is 1.87. The van der Waals surface area contributed by atoms with Gasteiger partial charge in [-0.15, -0.1) is 11.3 Å². The van der Waals surface area contributed by atoms with E-state index in [1.165, 1.54) is 91.7 Å². The lowest BCUT2D eigenvalue weighted by molar-refractivity contribution is 1.18. The molecule has 238 valence electrons. The first-order chi connectivity index (χ1) is 25.3. The molecule has 0 aliphatic carbocycles. The predicted molar refractivity (Wildman–Crippen MR) is 219 cm³/mol. The highest BCUT2D eigenvalue weighted by molar-refractivity contribution is 7.25. The molecule has 3 heteroatoms. The lowest BCUT2D eigenvalue weighted by atomic mass is 9.99. The van der Waals surface area contributed by atoms with Crippen molar-refractivity contribution in [3.05, 3.63) is 182 Å². The minimum atomic E-state index is 1.16. The SMILES string of the molecule is c1ccc(-n2c3ccccc3c3ccc(-c4ccc5c(c4)c4ccccc4n5-c4cccc(-c5cccc6sc7ccccc7c56)c4)cc32)cc1. The third-order valence-electron chi connectivity index (χ3n) is 10.5. The molecule has 11 rings (SSSR count). The number of aromatic nitrogens is 2. The molecule has 8 aromatic carbocycles. The van der Waals surface area contributed by atoms with Crippen LogP contribution in [0.1, 0.15) is 0 Å². The first-order valence-corrected chi connectivity index (χ1v) is 18.3. The molecule has 0 spiro atoms. The first kappa shape index (κ1) is 28.4. The molecule has 2 nitrogen and oxygen atoms in total. The Labute approximate surface area is 298 Å². The summed E-state index contributed by atoms with van der Waals surface area (Å²) in [5.41, 5.74) is 12.1. The molecule has 0 radical (unpaired) electrons. The molecule has 0 amide bonds. The number of fused-ring (bicyclic) bond motifs is 9. The van der Waals surface area contributed by atoms with Crippen molar-refractivity contribution in [2.45, 2.75) is 0 Å². The second kappa shape index (κ2) is 11.0. The van der Waals surface area contributed by atoms with Crippen LogP contribution in [-0.4, -0.2) is 9.13 Å². The molecule has 0 aliphatic heterocycles. The minimum absolute atomic E-state index is 1.16. The van der Waals surface area contributed by atoms with Crippen molar-refractivity contribution in [2.24, 2.45) is 0 Å². The van der Waals surface area contributed by atoms with Gasteiger partial charge in [0.25, 0.3) is 0 Å². The van der Waals surface area contributed by atoms with E-state index in [1.54, 1.807) is 0 Å². The quantitative estimate of drug-likeness (QED) is 0.177. The van der Waals surface area contributed by atoms with Crippen LogP contribution in [0.15, 0.2) is 182 Å². The lowest BCUT2D eigenvalue weighted by Gasteiger charge is -2.12. The molecule has 0 bridgehead atoms. The van der Waals surface area contributed by atoms with Crippen LogP contribution in [0.5, 0.6) is 0 Å². The molecule has 0 fully saturated rings. The van der Waals surface area contributed by atoms with Crippen LogP contribution in [0.3, 0.4) is 0 Å². The van der Waals surface area contributed by atoms with Crippen molar-refractivity contribution in [2.75, 3.05) is 0 Å². The van der Waals surface area contributed by atoms with Crippen LogP contribution < -0.4 is 0 Å². The zero-order valence-electron chi connectivity index (χ0n) is 27.6. The normalized spacial score (nSPS) is 11.9. The van der Waals surface area contributed by atoms with E-state index < -0.39 is 0 Å². The molecule has 0 aliphatic rings. The maximum absolute atomic E-state index is 2.43. The summed E-state index contributed by atoms with van der Waals surface area (Å²) in [4.78, 5) is 0. The van der Waals surface area contributed by atoms with E-state index in [1.807, 2.05) is 11.3 Å². The van der Waals surface area contributed by atoms with Crippen LogP contribution in [-0.2, 0) is 0 Å². The number of hydrogen-bond acceptors (Lipinski definition) is 1. The van der Waals surface area contributed by atoms with E-state index in [9.17, 15) is 0 Å². The highest BCUT2D eigenvalue weighted by Gasteiger charge is 2.17. The summed E-state index contributed by atoms with van der Waals surface area (Å²) in [7, 11) is 0. The Morgan fingerprint density at radius 2 is 0.902 bits per heavy atom. The van der Waals surface area contributed by atoms with Crippen LogP contribution in [0.4, 0.5) is 0 Å². The second-order valence-corrected chi connectivity index (χ2v) is 14.4. The molecule has 0 N–H and O–H groups in total. The fraction of sp³-hybridized carbons (Fsp3) is 0. The summed E-state index contributed by atoms with van der Waals surface area (Å²) < 4.78 is 7.48. The largest absolute Gasteiger partial charge is 0.309 e. The van der Waals surface area contributed by atoms with Crippen molar-refractivity contribution in [1.29, 1.82) is 0 Å². The Balaban J connectivity index is 1.09. The van der Waals surface area contributed by atoms with Gasteiger partial charge in [-0.1, -0.05) is 115 Å². The van der Waals surface area contributed by atoms with Crippen molar-refractivity contribution < 1.29 is 0 Å². The van der Waals surface area contributed by atoms with Crippen LogP contribution in [0, 0.1) is 0 Å². The van der Waals surface area contributed by atoms with Crippen molar-refractivity contribution in [3.63, 3.8) is 0 Å². The number of hydrogen-bond donors (Lipinski definition) is 0. The molecule has 0 saturated carbocycles. The smallest absolute Gasteiger partial charge is 0.0547 e. The molecular weight excluding hydrogens is 637 g/mol. The second-order valence-electron chi connectivity index (χ2n) is 13.3. The average Bonchev–Trinajstić information content (AvgIpc) is 3.85. The third-order valence-corrected chi connectivity index (χ3v) is 11.6. The maximum Gasteiger partial charge on any atom is 0.0547 e. The molecule has 0 saturated heterocycles. The fourth-order valence-electron chi connectivity index (χ4n) is 8.26.